The topological polar surface area (TPSA) is 44.5 Å². The highest BCUT2D eigenvalue weighted by Crippen LogP contribution is 2.41. The van der Waals surface area contributed by atoms with Crippen LogP contribution in [0.2, 0.25) is 0 Å². The lowest BCUT2D eigenvalue weighted by molar-refractivity contribution is 0.157. The average Bonchev–Trinajstić information content (AvgIpc) is 2.36. The molecular weight excluding hydrogens is 209 g/mol. The van der Waals surface area contributed by atoms with Crippen LogP contribution >= 0.6 is 0 Å². The molecule has 0 aliphatic rings. The number of hydrogen-bond acceptors (Lipinski definition) is 3. The molecule has 2 N–H and O–H groups in total. The van der Waals surface area contributed by atoms with Gasteiger partial charge in [0, 0.05) is 6.54 Å². The van der Waals surface area contributed by atoms with E-state index in [1.54, 1.807) is 25.1 Å². The van der Waals surface area contributed by atoms with E-state index in [1.807, 2.05) is 0 Å². The van der Waals surface area contributed by atoms with E-state index in [9.17, 15) is 4.39 Å². The number of methoxy groups -OCH3 is 2. The van der Waals surface area contributed by atoms with Crippen LogP contribution in [0.5, 0.6) is 11.5 Å². The van der Waals surface area contributed by atoms with E-state index in [0.29, 0.717) is 17.1 Å². The Morgan fingerprint density at radius 2 is 1.75 bits per heavy atom. The highest BCUT2D eigenvalue weighted by atomic mass is 19.1. The Labute approximate surface area is 95.4 Å². The van der Waals surface area contributed by atoms with Crippen molar-refractivity contribution in [1.29, 1.82) is 0 Å². The van der Waals surface area contributed by atoms with E-state index in [2.05, 4.69) is 0 Å². The maximum atomic E-state index is 14.6. The van der Waals surface area contributed by atoms with E-state index in [-0.39, 0.29) is 13.0 Å². The van der Waals surface area contributed by atoms with Gasteiger partial charge in [-0.25, -0.2) is 4.39 Å². The van der Waals surface area contributed by atoms with Gasteiger partial charge in [-0.3, -0.25) is 0 Å². The van der Waals surface area contributed by atoms with Gasteiger partial charge in [0.2, 0.25) is 0 Å². The van der Waals surface area contributed by atoms with Gasteiger partial charge in [-0.05, 0) is 18.6 Å². The Balaban J connectivity index is 3.38. The average molecular weight is 227 g/mol. The maximum Gasteiger partial charge on any atom is 0.155 e. The van der Waals surface area contributed by atoms with E-state index >= 15 is 0 Å². The SMILES string of the molecule is CCC(F)(CN)c1c(OC)cccc1OC. The Morgan fingerprint density at radius 1 is 1.25 bits per heavy atom. The predicted molar refractivity (Wildman–Crippen MR) is 61.7 cm³/mol. The van der Waals surface area contributed by atoms with Crippen molar-refractivity contribution < 1.29 is 13.9 Å². The van der Waals surface area contributed by atoms with Crippen molar-refractivity contribution in [2.75, 3.05) is 20.8 Å². The summed E-state index contributed by atoms with van der Waals surface area (Å²) in [5.74, 6) is 0.934. The summed E-state index contributed by atoms with van der Waals surface area (Å²) in [6, 6.07) is 5.17. The summed E-state index contributed by atoms with van der Waals surface area (Å²) in [4.78, 5) is 0. The third-order valence-electron chi connectivity index (χ3n) is 2.76. The molecule has 0 saturated heterocycles. The minimum atomic E-state index is -1.61. The second-order valence-corrected chi connectivity index (χ2v) is 3.56. The molecule has 0 aromatic heterocycles. The summed E-state index contributed by atoms with van der Waals surface area (Å²) in [5.41, 5.74) is 4.29. The molecule has 0 fully saturated rings. The molecule has 0 aliphatic heterocycles. The number of alkyl halides is 1. The van der Waals surface area contributed by atoms with Gasteiger partial charge in [0.15, 0.2) is 5.67 Å². The van der Waals surface area contributed by atoms with Crippen LogP contribution in [0.4, 0.5) is 4.39 Å². The monoisotopic (exact) mass is 227 g/mol. The third-order valence-corrected chi connectivity index (χ3v) is 2.76. The van der Waals surface area contributed by atoms with Crippen molar-refractivity contribution in [3.8, 4) is 11.5 Å². The zero-order valence-electron chi connectivity index (χ0n) is 9.92. The van der Waals surface area contributed by atoms with Crippen molar-refractivity contribution in [2.24, 2.45) is 5.73 Å². The number of benzene rings is 1. The molecule has 16 heavy (non-hydrogen) atoms. The van der Waals surface area contributed by atoms with Crippen LogP contribution in [0.3, 0.4) is 0 Å². The molecule has 4 heteroatoms. The molecule has 1 aromatic rings. The fourth-order valence-electron chi connectivity index (χ4n) is 1.72. The highest BCUT2D eigenvalue weighted by molar-refractivity contribution is 5.48. The van der Waals surface area contributed by atoms with Crippen LogP contribution < -0.4 is 15.2 Å². The molecule has 3 nitrogen and oxygen atoms in total. The van der Waals surface area contributed by atoms with Crippen molar-refractivity contribution in [3.63, 3.8) is 0 Å². The summed E-state index contributed by atoms with van der Waals surface area (Å²) in [7, 11) is 3.01. The zero-order chi connectivity index (χ0) is 12.2. The van der Waals surface area contributed by atoms with Gasteiger partial charge in [0.05, 0.1) is 19.8 Å². The first kappa shape index (κ1) is 12.8. The molecule has 0 amide bonds. The Morgan fingerprint density at radius 3 is 2.06 bits per heavy atom. The predicted octanol–water partition coefficient (Wildman–Crippen LogP) is 2.24. The van der Waals surface area contributed by atoms with Crippen LogP contribution in [-0.4, -0.2) is 20.8 Å². The summed E-state index contributed by atoms with van der Waals surface area (Å²) >= 11 is 0. The number of nitrogens with two attached hydrogens (primary N) is 1. The number of ether oxygens (including phenoxy) is 2. The Kier molecular flexibility index (Phi) is 4.12. The second-order valence-electron chi connectivity index (χ2n) is 3.56. The first-order valence-electron chi connectivity index (χ1n) is 5.23. The van der Waals surface area contributed by atoms with Gasteiger partial charge < -0.3 is 15.2 Å². The molecule has 1 unspecified atom stereocenters. The highest BCUT2D eigenvalue weighted by Gasteiger charge is 2.34. The van der Waals surface area contributed by atoms with Gasteiger partial charge in [0.25, 0.3) is 0 Å². The summed E-state index contributed by atoms with van der Waals surface area (Å²) in [5, 5.41) is 0. The first-order chi connectivity index (χ1) is 7.62. The normalized spacial score (nSPS) is 14.3. The Hall–Kier alpha value is -1.29. The van der Waals surface area contributed by atoms with Crippen LogP contribution in [0.25, 0.3) is 0 Å². The van der Waals surface area contributed by atoms with Crippen molar-refractivity contribution >= 4 is 0 Å². The third kappa shape index (κ3) is 2.11. The lowest BCUT2D eigenvalue weighted by atomic mass is 9.91. The van der Waals surface area contributed by atoms with Gasteiger partial charge >= 0.3 is 0 Å². The van der Waals surface area contributed by atoms with E-state index in [0.717, 1.165) is 0 Å². The second kappa shape index (κ2) is 5.16. The van der Waals surface area contributed by atoms with Gasteiger partial charge in [-0.2, -0.15) is 0 Å². The smallest absolute Gasteiger partial charge is 0.155 e. The van der Waals surface area contributed by atoms with Crippen LogP contribution in [-0.2, 0) is 5.67 Å². The lowest BCUT2D eigenvalue weighted by Crippen LogP contribution is -2.30. The van der Waals surface area contributed by atoms with Crippen LogP contribution in [0.1, 0.15) is 18.9 Å². The summed E-state index contributed by atoms with van der Waals surface area (Å²) < 4.78 is 24.9. The molecule has 0 aliphatic carbocycles. The Bertz CT molecular complexity index is 329. The molecular formula is C12H18FNO2. The molecule has 1 atom stereocenters. The lowest BCUT2D eigenvalue weighted by Gasteiger charge is -2.26. The minimum Gasteiger partial charge on any atom is -0.496 e. The van der Waals surface area contributed by atoms with Crippen molar-refractivity contribution in [2.45, 2.75) is 19.0 Å². The molecule has 1 aromatic carbocycles. The standard InChI is InChI=1S/C12H18FNO2/c1-4-12(13,8-14)11-9(15-2)6-5-7-10(11)16-3/h5-7H,4,8,14H2,1-3H3. The molecule has 1 rings (SSSR count). The van der Waals surface area contributed by atoms with Crippen LogP contribution in [0.15, 0.2) is 18.2 Å². The summed E-state index contributed by atoms with van der Waals surface area (Å²) in [6.45, 7) is 1.65. The summed E-state index contributed by atoms with van der Waals surface area (Å²) in [6.07, 6.45) is 0.278. The maximum absolute atomic E-state index is 14.6. The quantitative estimate of drug-likeness (QED) is 0.839. The van der Waals surface area contributed by atoms with E-state index in [4.69, 9.17) is 15.2 Å². The minimum absolute atomic E-state index is 0.0970. The van der Waals surface area contributed by atoms with E-state index < -0.39 is 5.67 Å². The largest absolute Gasteiger partial charge is 0.496 e. The number of rotatable bonds is 5. The molecule has 0 heterocycles. The van der Waals surface area contributed by atoms with Gasteiger partial charge in [0.1, 0.15) is 11.5 Å². The molecule has 0 saturated carbocycles. The molecule has 0 bridgehead atoms. The number of hydrogen-bond donors (Lipinski definition) is 1. The molecule has 90 valence electrons. The van der Waals surface area contributed by atoms with Gasteiger partial charge in [-0.1, -0.05) is 13.0 Å². The van der Waals surface area contributed by atoms with Crippen molar-refractivity contribution in [1.82, 2.24) is 0 Å². The van der Waals surface area contributed by atoms with Crippen LogP contribution in [0, 0.1) is 0 Å². The molecule has 0 spiro atoms. The number of halogens is 1. The fraction of sp³-hybridized carbons (Fsp3) is 0.500. The first-order valence-corrected chi connectivity index (χ1v) is 5.23. The van der Waals surface area contributed by atoms with Gasteiger partial charge in [-0.15, -0.1) is 0 Å². The zero-order valence-corrected chi connectivity index (χ0v) is 9.92. The van der Waals surface area contributed by atoms with E-state index in [1.165, 1.54) is 14.2 Å². The fourth-order valence-corrected chi connectivity index (χ4v) is 1.72. The molecule has 0 radical (unpaired) electrons. The van der Waals surface area contributed by atoms with Crippen molar-refractivity contribution in [3.05, 3.63) is 23.8 Å².